The van der Waals surface area contributed by atoms with Crippen LogP contribution in [-0.4, -0.2) is 41.7 Å². The predicted molar refractivity (Wildman–Crippen MR) is 114 cm³/mol. The first-order valence-electron chi connectivity index (χ1n) is 9.78. The average Bonchev–Trinajstić information content (AvgIpc) is 2.80. The molecule has 0 aliphatic carbocycles. The zero-order valence-corrected chi connectivity index (χ0v) is 17.1. The van der Waals surface area contributed by atoms with Crippen molar-refractivity contribution in [2.75, 3.05) is 18.4 Å². The second-order valence-electron chi connectivity index (χ2n) is 7.13. The first kappa shape index (κ1) is 20.2. The van der Waals surface area contributed by atoms with Crippen LogP contribution in [-0.2, 0) is 10.0 Å². The minimum Gasteiger partial charge on any atom is -0.305 e. The molecule has 3 heterocycles. The lowest BCUT2D eigenvalue weighted by Gasteiger charge is -2.31. The van der Waals surface area contributed by atoms with Gasteiger partial charge in [0.2, 0.25) is 10.0 Å². The molecule has 8 heteroatoms. The van der Waals surface area contributed by atoms with Crippen LogP contribution in [0.5, 0.6) is 0 Å². The Morgan fingerprint density at radius 3 is 2.57 bits per heavy atom. The van der Waals surface area contributed by atoms with E-state index in [-0.39, 0.29) is 17.5 Å². The van der Waals surface area contributed by atoms with Crippen LogP contribution < -0.4 is 5.32 Å². The molecule has 7 nitrogen and oxygen atoms in total. The van der Waals surface area contributed by atoms with Gasteiger partial charge >= 0.3 is 0 Å². The lowest BCUT2D eigenvalue weighted by atomic mass is 9.95. The van der Waals surface area contributed by atoms with Gasteiger partial charge in [-0.1, -0.05) is 30.3 Å². The smallest absolute Gasteiger partial charge is 0.275 e. The van der Waals surface area contributed by atoms with E-state index in [1.807, 2.05) is 6.07 Å². The van der Waals surface area contributed by atoms with E-state index in [2.05, 4.69) is 15.3 Å². The number of rotatable bonds is 5. The number of carbonyl (C=O) groups is 1. The normalized spacial score (nSPS) is 17.4. The van der Waals surface area contributed by atoms with E-state index in [4.69, 9.17) is 0 Å². The molecule has 0 radical (unpaired) electrons. The van der Waals surface area contributed by atoms with Gasteiger partial charge in [-0.15, -0.1) is 0 Å². The number of carbonyl (C=O) groups excluding carboxylic acids is 1. The van der Waals surface area contributed by atoms with Crippen LogP contribution in [0.2, 0.25) is 0 Å². The van der Waals surface area contributed by atoms with E-state index in [0.717, 1.165) is 18.5 Å². The Labute approximate surface area is 175 Å². The summed E-state index contributed by atoms with van der Waals surface area (Å²) in [5.74, 6) is 0.0347. The van der Waals surface area contributed by atoms with E-state index in [9.17, 15) is 13.2 Å². The Morgan fingerprint density at radius 1 is 1.00 bits per heavy atom. The number of aromatic nitrogens is 2. The number of nitrogens with one attached hydrogen (secondary N) is 1. The summed E-state index contributed by atoms with van der Waals surface area (Å²) >= 11 is 0. The second kappa shape index (κ2) is 8.73. The Hall–Kier alpha value is -3.10. The van der Waals surface area contributed by atoms with Crippen LogP contribution in [0, 0.1) is 0 Å². The molecular formula is C22H22N4O3S. The van der Waals surface area contributed by atoms with Gasteiger partial charge in [0.25, 0.3) is 5.91 Å². The SMILES string of the molecule is O=C(Nc1ccccn1)c1cccc([C@@H]2CCCN(S(=O)(=O)c3ccccc3)C2)n1. The number of amides is 1. The van der Waals surface area contributed by atoms with Gasteiger partial charge in [-0.25, -0.2) is 18.4 Å². The third kappa shape index (κ3) is 4.39. The third-order valence-electron chi connectivity index (χ3n) is 5.09. The van der Waals surface area contributed by atoms with Crippen molar-refractivity contribution in [1.82, 2.24) is 14.3 Å². The minimum absolute atomic E-state index is 0.0696. The standard InChI is InChI=1S/C22H22N4O3S/c27-22(25-21-13-4-5-14-23-21)20-12-6-11-19(24-20)17-8-7-15-26(16-17)30(28,29)18-9-2-1-3-10-18/h1-6,9-14,17H,7-8,15-16H2,(H,23,25,27)/t17-/m1/s1. The molecule has 1 aliphatic heterocycles. The highest BCUT2D eigenvalue weighted by Crippen LogP contribution is 2.29. The molecule has 1 saturated heterocycles. The number of benzene rings is 1. The number of hydrogen-bond donors (Lipinski definition) is 1. The molecule has 0 bridgehead atoms. The molecule has 30 heavy (non-hydrogen) atoms. The van der Waals surface area contributed by atoms with Crippen molar-refractivity contribution in [2.24, 2.45) is 0 Å². The lowest BCUT2D eigenvalue weighted by Crippen LogP contribution is -2.39. The van der Waals surface area contributed by atoms with Crippen LogP contribution in [0.4, 0.5) is 5.82 Å². The molecule has 4 rings (SSSR count). The monoisotopic (exact) mass is 422 g/mol. The fourth-order valence-corrected chi connectivity index (χ4v) is 5.11. The third-order valence-corrected chi connectivity index (χ3v) is 6.97. The van der Waals surface area contributed by atoms with Crippen molar-refractivity contribution in [1.29, 1.82) is 0 Å². The van der Waals surface area contributed by atoms with Crippen LogP contribution in [0.15, 0.2) is 77.8 Å². The van der Waals surface area contributed by atoms with Gasteiger partial charge in [-0.3, -0.25) is 4.79 Å². The number of pyridine rings is 2. The van der Waals surface area contributed by atoms with Gasteiger partial charge in [0, 0.05) is 30.9 Å². The summed E-state index contributed by atoms with van der Waals surface area (Å²) in [5, 5.41) is 2.72. The van der Waals surface area contributed by atoms with Gasteiger partial charge in [-0.2, -0.15) is 4.31 Å². The number of hydrogen-bond acceptors (Lipinski definition) is 5. The average molecular weight is 423 g/mol. The Balaban J connectivity index is 1.51. The molecule has 2 aromatic heterocycles. The van der Waals surface area contributed by atoms with Gasteiger partial charge in [0.05, 0.1) is 4.90 Å². The zero-order valence-electron chi connectivity index (χ0n) is 16.3. The number of anilines is 1. The van der Waals surface area contributed by atoms with Crippen molar-refractivity contribution >= 4 is 21.7 Å². The van der Waals surface area contributed by atoms with E-state index in [0.29, 0.717) is 23.8 Å². The maximum Gasteiger partial charge on any atom is 0.275 e. The number of nitrogens with zero attached hydrogens (tertiary/aromatic N) is 3. The number of sulfonamides is 1. The molecule has 1 N–H and O–H groups in total. The fourth-order valence-electron chi connectivity index (χ4n) is 3.57. The predicted octanol–water partition coefficient (Wildman–Crippen LogP) is 3.30. The van der Waals surface area contributed by atoms with Crippen molar-refractivity contribution in [2.45, 2.75) is 23.7 Å². The molecule has 154 valence electrons. The topological polar surface area (TPSA) is 92.3 Å². The van der Waals surface area contributed by atoms with Gasteiger partial charge in [0.1, 0.15) is 11.5 Å². The second-order valence-corrected chi connectivity index (χ2v) is 9.07. The lowest BCUT2D eigenvalue weighted by molar-refractivity contribution is 0.102. The summed E-state index contributed by atoms with van der Waals surface area (Å²) in [7, 11) is -3.55. The molecule has 1 amide bonds. The summed E-state index contributed by atoms with van der Waals surface area (Å²) in [6.07, 6.45) is 3.16. The quantitative estimate of drug-likeness (QED) is 0.681. The summed E-state index contributed by atoms with van der Waals surface area (Å²) in [6, 6.07) is 19.0. The Morgan fingerprint density at radius 2 is 1.80 bits per heavy atom. The summed E-state index contributed by atoms with van der Waals surface area (Å²) in [5.41, 5.74) is 0.998. The molecule has 1 atom stereocenters. The number of piperidine rings is 1. The van der Waals surface area contributed by atoms with Gasteiger partial charge in [0.15, 0.2) is 0 Å². The molecule has 1 aliphatic rings. The van der Waals surface area contributed by atoms with Crippen molar-refractivity contribution < 1.29 is 13.2 Å². The Kier molecular flexibility index (Phi) is 5.87. The maximum absolute atomic E-state index is 13.0. The van der Waals surface area contributed by atoms with E-state index >= 15 is 0 Å². The largest absolute Gasteiger partial charge is 0.305 e. The highest BCUT2D eigenvalue weighted by atomic mass is 32.2. The molecule has 0 spiro atoms. The zero-order chi connectivity index (χ0) is 21.0. The molecule has 1 aromatic carbocycles. The highest BCUT2D eigenvalue weighted by molar-refractivity contribution is 7.89. The maximum atomic E-state index is 13.0. The molecule has 1 fully saturated rings. The summed E-state index contributed by atoms with van der Waals surface area (Å²) < 4.78 is 27.5. The first-order valence-corrected chi connectivity index (χ1v) is 11.2. The van der Waals surface area contributed by atoms with Crippen LogP contribution in [0.1, 0.15) is 34.9 Å². The molecular weight excluding hydrogens is 400 g/mol. The summed E-state index contributed by atoms with van der Waals surface area (Å²) in [4.78, 5) is 21.4. The molecule has 3 aromatic rings. The van der Waals surface area contributed by atoms with E-state index in [1.165, 1.54) is 4.31 Å². The molecule has 0 saturated carbocycles. The highest BCUT2D eigenvalue weighted by Gasteiger charge is 2.31. The first-order chi connectivity index (χ1) is 14.5. The van der Waals surface area contributed by atoms with E-state index < -0.39 is 10.0 Å². The summed E-state index contributed by atoms with van der Waals surface area (Å²) in [6.45, 7) is 0.823. The van der Waals surface area contributed by atoms with Gasteiger partial charge < -0.3 is 5.32 Å². The minimum atomic E-state index is -3.55. The van der Waals surface area contributed by atoms with Crippen molar-refractivity contribution in [3.05, 3.63) is 84.3 Å². The fraction of sp³-hybridized carbons (Fsp3) is 0.227. The molecule has 0 unspecified atom stereocenters. The Bertz CT molecular complexity index is 1120. The van der Waals surface area contributed by atoms with Crippen molar-refractivity contribution in [3.63, 3.8) is 0 Å². The van der Waals surface area contributed by atoms with Crippen LogP contribution >= 0.6 is 0 Å². The van der Waals surface area contributed by atoms with Crippen LogP contribution in [0.25, 0.3) is 0 Å². The van der Waals surface area contributed by atoms with E-state index in [1.54, 1.807) is 66.9 Å². The van der Waals surface area contributed by atoms with Gasteiger partial charge in [-0.05, 0) is 49.2 Å². The van der Waals surface area contributed by atoms with Crippen molar-refractivity contribution in [3.8, 4) is 0 Å². The van der Waals surface area contributed by atoms with Crippen LogP contribution in [0.3, 0.4) is 0 Å².